The van der Waals surface area contributed by atoms with E-state index in [2.05, 4.69) is 10.6 Å². The number of amides is 2. The predicted octanol–water partition coefficient (Wildman–Crippen LogP) is 0.851. The Morgan fingerprint density at radius 3 is 2.20 bits per heavy atom. The van der Waals surface area contributed by atoms with E-state index in [4.69, 9.17) is 9.47 Å². The zero-order valence-corrected chi connectivity index (χ0v) is 12.9. The van der Waals surface area contributed by atoms with Crippen LogP contribution in [0.1, 0.15) is 39.0 Å². The molecular formula is C14H28N2O4. The summed E-state index contributed by atoms with van der Waals surface area (Å²) in [6, 6.07) is 0.156. The molecule has 0 aliphatic carbocycles. The molecule has 1 unspecified atom stereocenters. The lowest BCUT2D eigenvalue weighted by Crippen LogP contribution is -2.33. The van der Waals surface area contributed by atoms with E-state index in [1.807, 2.05) is 6.92 Å². The fraction of sp³-hybridized carbons (Fsp3) is 0.857. The first-order valence-corrected chi connectivity index (χ1v) is 7.14. The monoisotopic (exact) mass is 288 g/mol. The average molecular weight is 288 g/mol. The molecule has 0 bridgehead atoms. The summed E-state index contributed by atoms with van der Waals surface area (Å²) in [5.74, 6) is 0.0417. The Hall–Kier alpha value is -1.14. The second kappa shape index (κ2) is 12.9. The van der Waals surface area contributed by atoms with Crippen LogP contribution in [0.5, 0.6) is 0 Å². The molecule has 0 heterocycles. The van der Waals surface area contributed by atoms with Gasteiger partial charge < -0.3 is 20.1 Å². The number of methoxy groups -OCH3 is 2. The van der Waals surface area contributed by atoms with Gasteiger partial charge in [0.1, 0.15) is 0 Å². The second-order valence-corrected chi connectivity index (χ2v) is 4.80. The van der Waals surface area contributed by atoms with Crippen LogP contribution in [0.3, 0.4) is 0 Å². The molecule has 0 aromatic heterocycles. The quantitative estimate of drug-likeness (QED) is 0.522. The van der Waals surface area contributed by atoms with Crippen molar-refractivity contribution in [2.75, 3.05) is 34.0 Å². The number of rotatable bonds is 12. The fourth-order valence-corrected chi connectivity index (χ4v) is 1.70. The number of nitrogens with one attached hydrogen (secondary N) is 2. The largest absolute Gasteiger partial charge is 0.384 e. The Bertz CT molecular complexity index is 272. The Morgan fingerprint density at radius 1 is 1.00 bits per heavy atom. The van der Waals surface area contributed by atoms with E-state index in [0.29, 0.717) is 32.6 Å². The summed E-state index contributed by atoms with van der Waals surface area (Å²) in [6.45, 7) is 3.57. The van der Waals surface area contributed by atoms with Crippen molar-refractivity contribution in [3.63, 3.8) is 0 Å². The van der Waals surface area contributed by atoms with Gasteiger partial charge in [-0.1, -0.05) is 0 Å². The number of ether oxygens (including phenoxy) is 2. The van der Waals surface area contributed by atoms with Crippen molar-refractivity contribution < 1.29 is 19.1 Å². The highest BCUT2D eigenvalue weighted by atomic mass is 16.5. The van der Waals surface area contributed by atoms with Crippen LogP contribution in [0.15, 0.2) is 0 Å². The van der Waals surface area contributed by atoms with Gasteiger partial charge in [0.05, 0.1) is 13.2 Å². The fourth-order valence-electron chi connectivity index (χ4n) is 1.70. The smallest absolute Gasteiger partial charge is 0.222 e. The molecule has 0 spiro atoms. The maximum Gasteiger partial charge on any atom is 0.222 e. The third-order valence-corrected chi connectivity index (χ3v) is 2.86. The van der Waals surface area contributed by atoms with Gasteiger partial charge in [0.25, 0.3) is 0 Å². The molecular weight excluding hydrogens is 260 g/mol. The van der Waals surface area contributed by atoms with Crippen LogP contribution in [0.4, 0.5) is 0 Å². The molecule has 0 saturated carbocycles. The minimum atomic E-state index is 0.0206. The van der Waals surface area contributed by atoms with Crippen molar-refractivity contribution in [1.82, 2.24) is 10.6 Å². The van der Waals surface area contributed by atoms with Gasteiger partial charge >= 0.3 is 0 Å². The molecule has 0 aliphatic rings. The average Bonchev–Trinajstić information content (AvgIpc) is 2.42. The normalized spacial score (nSPS) is 11.9. The van der Waals surface area contributed by atoms with Gasteiger partial charge in [0.2, 0.25) is 11.8 Å². The topological polar surface area (TPSA) is 76.7 Å². The van der Waals surface area contributed by atoms with Crippen LogP contribution < -0.4 is 10.6 Å². The summed E-state index contributed by atoms with van der Waals surface area (Å²) in [7, 11) is 3.16. The number of hydrogen-bond acceptors (Lipinski definition) is 4. The molecule has 1 atom stereocenters. The first-order chi connectivity index (χ1) is 9.60. The molecule has 2 amide bonds. The minimum Gasteiger partial charge on any atom is -0.384 e. The Kier molecular flexibility index (Phi) is 12.1. The Morgan fingerprint density at radius 2 is 1.60 bits per heavy atom. The molecule has 0 aliphatic heterocycles. The lowest BCUT2D eigenvalue weighted by Gasteiger charge is -2.13. The zero-order chi connectivity index (χ0) is 15.2. The summed E-state index contributed by atoms with van der Waals surface area (Å²) in [5.41, 5.74) is 0. The second-order valence-electron chi connectivity index (χ2n) is 4.80. The highest BCUT2D eigenvalue weighted by Crippen LogP contribution is 2.00. The third kappa shape index (κ3) is 11.9. The van der Waals surface area contributed by atoms with Gasteiger partial charge in [-0.25, -0.2) is 0 Å². The van der Waals surface area contributed by atoms with Crippen LogP contribution in [-0.4, -0.2) is 51.8 Å². The molecule has 0 aromatic carbocycles. The van der Waals surface area contributed by atoms with E-state index >= 15 is 0 Å². The van der Waals surface area contributed by atoms with Gasteiger partial charge in [-0.15, -0.1) is 0 Å². The SMILES string of the molecule is COCCC(=O)NCCCCC(C)NC(=O)CCOC. The number of carbonyl (C=O) groups is 2. The molecule has 0 aromatic rings. The van der Waals surface area contributed by atoms with Gasteiger partial charge in [-0.3, -0.25) is 9.59 Å². The van der Waals surface area contributed by atoms with Gasteiger partial charge in [-0.2, -0.15) is 0 Å². The third-order valence-electron chi connectivity index (χ3n) is 2.86. The van der Waals surface area contributed by atoms with Crippen molar-refractivity contribution >= 4 is 11.8 Å². The molecule has 20 heavy (non-hydrogen) atoms. The van der Waals surface area contributed by atoms with Crippen LogP contribution in [0, 0.1) is 0 Å². The number of unbranched alkanes of at least 4 members (excludes halogenated alkanes) is 1. The molecule has 0 saturated heterocycles. The molecule has 0 fully saturated rings. The Balaban J connectivity index is 3.45. The van der Waals surface area contributed by atoms with Gasteiger partial charge in [-0.05, 0) is 26.2 Å². The minimum absolute atomic E-state index is 0.0206. The summed E-state index contributed by atoms with van der Waals surface area (Å²) in [6.07, 6.45) is 3.60. The molecule has 6 nitrogen and oxygen atoms in total. The van der Waals surface area contributed by atoms with Crippen molar-refractivity contribution in [3.05, 3.63) is 0 Å². The molecule has 118 valence electrons. The van der Waals surface area contributed by atoms with Crippen LogP contribution in [-0.2, 0) is 19.1 Å². The summed E-state index contributed by atoms with van der Waals surface area (Å²) >= 11 is 0. The maximum atomic E-state index is 11.4. The summed E-state index contributed by atoms with van der Waals surface area (Å²) in [4.78, 5) is 22.7. The number of carbonyl (C=O) groups excluding carboxylic acids is 2. The van der Waals surface area contributed by atoms with E-state index in [0.717, 1.165) is 19.3 Å². The van der Waals surface area contributed by atoms with E-state index < -0.39 is 0 Å². The lowest BCUT2D eigenvalue weighted by atomic mass is 10.1. The zero-order valence-electron chi connectivity index (χ0n) is 12.9. The summed E-state index contributed by atoms with van der Waals surface area (Å²) in [5, 5.41) is 5.76. The maximum absolute atomic E-state index is 11.4. The van der Waals surface area contributed by atoms with E-state index in [1.54, 1.807) is 14.2 Å². The van der Waals surface area contributed by atoms with Crippen LogP contribution in [0.25, 0.3) is 0 Å². The van der Waals surface area contributed by atoms with Crippen molar-refractivity contribution in [1.29, 1.82) is 0 Å². The van der Waals surface area contributed by atoms with Crippen molar-refractivity contribution in [3.8, 4) is 0 Å². The molecule has 2 N–H and O–H groups in total. The van der Waals surface area contributed by atoms with Crippen LogP contribution >= 0.6 is 0 Å². The molecule has 0 rings (SSSR count). The van der Waals surface area contributed by atoms with Gasteiger partial charge in [0.15, 0.2) is 0 Å². The Labute approximate surface area is 121 Å². The van der Waals surface area contributed by atoms with Crippen molar-refractivity contribution in [2.24, 2.45) is 0 Å². The first-order valence-electron chi connectivity index (χ1n) is 7.14. The first kappa shape index (κ1) is 18.9. The molecule has 0 radical (unpaired) electrons. The summed E-state index contributed by atoms with van der Waals surface area (Å²) < 4.78 is 9.67. The molecule has 6 heteroatoms. The number of hydrogen-bond donors (Lipinski definition) is 2. The van der Waals surface area contributed by atoms with Crippen molar-refractivity contribution in [2.45, 2.75) is 45.1 Å². The predicted molar refractivity (Wildman–Crippen MR) is 77.5 cm³/mol. The van der Waals surface area contributed by atoms with E-state index in [-0.39, 0.29) is 17.9 Å². The highest BCUT2D eigenvalue weighted by molar-refractivity contribution is 5.76. The lowest BCUT2D eigenvalue weighted by molar-refractivity contribution is -0.123. The van der Waals surface area contributed by atoms with E-state index in [1.165, 1.54) is 0 Å². The standard InChI is InChI=1S/C14H28N2O4/c1-12(16-14(18)8-11-20-3)6-4-5-9-15-13(17)7-10-19-2/h12H,4-11H2,1-3H3,(H,15,17)(H,16,18). The van der Waals surface area contributed by atoms with E-state index in [9.17, 15) is 9.59 Å². The van der Waals surface area contributed by atoms with Crippen LogP contribution in [0.2, 0.25) is 0 Å². The highest BCUT2D eigenvalue weighted by Gasteiger charge is 2.06. The van der Waals surface area contributed by atoms with Gasteiger partial charge in [0, 0.05) is 39.6 Å².